The molecule has 1 aromatic rings. The van der Waals surface area contributed by atoms with Gasteiger partial charge in [-0.2, -0.15) is 15.0 Å². The molecule has 0 bridgehead atoms. The van der Waals surface area contributed by atoms with Crippen LogP contribution in [0.4, 0.5) is 17.8 Å². The summed E-state index contributed by atoms with van der Waals surface area (Å²) in [6.07, 6.45) is 1.71. The van der Waals surface area contributed by atoms with Crippen LogP contribution in [0.2, 0.25) is 0 Å². The molecule has 384 valence electrons. The summed E-state index contributed by atoms with van der Waals surface area (Å²) in [5.74, 6) is -4.30. The smallest absolute Gasteiger partial charge is 0.330 e. The first-order valence-electron chi connectivity index (χ1n) is 21.3. The van der Waals surface area contributed by atoms with Crippen LogP contribution >= 0.6 is 0 Å². The lowest BCUT2D eigenvalue weighted by atomic mass is 10.4. The van der Waals surface area contributed by atoms with Crippen molar-refractivity contribution in [3.8, 4) is 0 Å². The number of carbonyl (C=O) groups is 6. The molecule has 0 aliphatic rings. The van der Waals surface area contributed by atoms with Gasteiger partial charge in [0.15, 0.2) is 0 Å². The van der Waals surface area contributed by atoms with Gasteiger partial charge in [-0.05, 0) is 41.5 Å². The molecule has 0 N–H and O–H groups in total. The van der Waals surface area contributed by atoms with Crippen LogP contribution in [0.15, 0.2) is 75.9 Å². The molecule has 0 amide bonds. The molecule has 6 atom stereocenters. The molecule has 0 saturated heterocycles. The minimum Gasteiger partial charge on any atom is -0.457 e. The Morgan fingerprint density at radius 2 is 0.493 bits per heavy atom. The predicted molar refractivity (Wildman–Crippen MR) is 247 cm³/mol. The molecule has 0 aromatic carbocycles. The third kappa shape index (κ3) is 27.1. The fraction of sp³-hybridized carbons (Fsp3) is 0.533. The first-order chi connectivity index (χ1) is 32.9. The summed E-state index contributed by atoms with van der Waals surface area (Å²) >= 11 is 0. The van der Waals surface area contributed by atoms with E-state index in [0.717, 1.165) is 36.5 Å². The van der Waals surface area contributed by atoms with Crippen molar-refractivity contribution in [2.75, 3.05) is 94.7 Å². The minimum absolute atomic E-state index is 0.0976. The van der Waals surface area contributed by atoms with E-state index in [1.165, 1.54) is 14.7 Å². The summed E-state index contributed by atoms with van der Waals surface area (Å²) in [6, 6.07) is 0. The fourth-order valence-electron chi connectivity index (χ4n) is 4.88. The zero-order chi connectivity index (χ0) is 51.7. The Kier molecular flexibility index (Phi) is 30.4. The van der Waals surface area contributed by atoms with E-state index in [4.69, 9.17) is 71.8 Å². The molecular formula is C45H66N6O18. The summed E-state index contributed by atoms with van der Waals surface area (Å²) in [5, 5.41) is 0. The van der Waals surface area contributed by atoms with Gasteiger partial charge in [0.25, 0.3) is 0 Å². The monoisotopic (exact) mass is 978 g/mol. The molecule has 0 fully saturated rings. The van der Waals surface area contributed by atoms with Crippen molar-refractivity contribution in [1.29, 1.82) is 0 Å². The third-order valence-electron chi connectivity index (χ3n) is 7.95. The van der Waals surface area contributed by atoms with Crippen molar-refractivity contribution in [1.82, 2.24) is 15.0 Å². The van der Waals surface area contributed by atoms with Crippen LogP contribution in [0.25, 0.3) is 0 Å². The molecule has 0 aliphatic carbocycles. The highest BCUT2D eigenvalue weighted by molar-refractivity contribution is 5.83. The number of anilines is 3. The largest absolute Gasteiger partial charge is 0.457 e. The normalized spacial score (nSPS) is 13.3. The highest BCUT2D eigenvalue weighted by atomic mass is 16.6. The lowest BCUT2D eigenvalue weighted by Crippen LogP contribution is -2.38. The Bertz CT molecular complexity index is 1530. The summed E-state index contributed by atoms with van der Waals surface area (Å²) < 4.78 is 67.1. The molecule has 1 rings (SSSR count). The maximum atomic E-state index is 11.9. The lowest BCUT2D eigenvalue weighted by Gasteiger charge is -2.29. The molecule has 1 aromatic heterocycles. The number of hydrogen-bond donors (Lipinski definition) is 0. The molecule has 0 saturated carbocycles. The second-order valence-electron chi connectivity index (χ2n) is 14.6. The maximum absolute atomic E-state index is 11.9. The molecule has 0 spiro atoms. The number of hydrogen-bond acceptors (Lipinski definition) is 24. The van der Waals surface area contributed by atoms with Gasteiger partial charge < -0.3 is 56.8 Å². The van der Waals surface area contributed by atoms with Crippen LogP contribution < -0.4 is 14.7 Å². The van der Waals surface area contributed by atoms with Gasteiger partial charge in [-0.3, -0.25) is 14.7 Å². The highest BCUT2D eigenvalue weighted by Crippen LogP contribution is 2.21. The van der Waals surface area contributed by atoms with Crippen LogP contribution in [0, 0.1) is 0 Å². The minimum atomic E-state index is -0.724. The van der Waals surface area contributed by atoms with E-state index in [-0.39, 0.29) is 97.9 Å². The number of carbonyl (C=O) groups excluding carboxylic acids is 6. The summed E-state index contributed by atoms with van der Waals surface area (Å²) in [5.41, 5.74) is 0. The van der Waals surface area contributed by atoms with Gasteiger partial charge in [-0.15, -0.1) is 0 Å². The van der Waals surface area contributed by atoms with Crippen LogP contribution in [-0.4, -0.2) is 167 Å². The molecule has 1 heterocycles. The topological polar surface area (TPSA) is 262 Å². The average Bonchev–Trinajstić information content (AvgIpc) is 3.31. The summed E-state index contributed by atoms with van der Waals surface area (Å²) in [6.45, 7) is 27.6. The van der Waals surface area contributed by atoms with Crippen LogP contribution in [-0.2, 0) is 85.6 Å². The number of nitrogens with zero attached hydrogens (tertiary/aromatic N) is 6. The number of aromatic nitrogens is 3. The van der Waals surface area contributed by atoms with E-state index < -0.39 is 72.4 Å². The highest BCUT2D eigenvalue weighted by Gasteiger charge is 2.24. The first-order valence-corrected chi connectivity index (χ1v) is 21.3. The van der Waals surface area contributed by atoms with Crippen molar-refractivity contribution in [2.45, 2.75) is 78.2 Å². The van der Waals surface area contributed by atoms with Crippen molar-refractivity contribution >= 4 is 53.7 Å². The average molecular weight is 979 g/mol. The predicted octanol–water partition coefficient (Wildman–Crippen LogP) is 2.84. The van der Waals surface area contributed by atoms with Crippen LogP contribution in [0.3, 0.4) is 0 Å². The van der Waals surface area contributed by atoms with E-state index in [1.807, 2.05) is 0 Å². The Morgan fingerprint density at radius 3 is 0.623 bits per heavy atom. The molecule has 24 nitrogen and oxygen atoms in total. The molecule has 24 heteroatoms. The van der Waals surface area contributed by atoms with Gasteiger partial charge in [-0.25, -0.2) is 28.8 Å². The second-order valence-corrected chi connectivity index (χ2v) is 14.6. The number of rotatable bonds is 39. The van der Waals surface area contributed by atoms with Crippen molar-refractivity contribution in [2.24, 2.45) is 0 Å². The van der Waals surface area contributed by atoms with Crippen molar-refractivity contribution in [3.63, 3.8) is 0 Å². The zero-order valence-electron chi connectivity index (χ0n) is 40.2. The molecule has 0 aliphatic heterocycles. The Morgan fingerprint density at radius 1 is 0.348 bits per heavy atom. The van der Waals surface area contributed by atoms with Gasteiger partial charge in [0.2, 0.25) is 17.8 Å². The number of ether oxygens (including phenoxy) is 12. The standard InChI is InChI=1S/C45H66N6O18/c1-13-37(52)64-31(7)19-58-25-49(26-59-20-32(8)65-38(53)14-2)43-46-44(50(27-60-21-33(9)66-39(54)15-3)28-61-22-34(10)67-40(55)16-4)48-45(47-43)51(29-62-23-35(11)68-41(56)17-5)30-63-24-36(12)69-42(57)18-6/h13-18,31-36H,1-6,19-30H2,7-12H3. The Hall–Kier alpha value is -6.57. The second kappa shape index (κ2) is 34.7. The van der Waals surface area contributed by atoms with E-state index in [2.05, 4.69) is 39.5 Å². The van der Waals surface area contributed by atoms with Crippen LogP contribution in [0.5, 0.6) is 0 Å². The van der Waals surface area contributed by atoms with Crippen LogP contribution in [0.1, 0.15) is 41.5 Å². The van der Waals surface area contributed by atoms with E-state index in [9.17, 15) is 28.8 Å². The summed E-state index contributed by atoms with van der Waals surface area (Å²) in [4.78, 5) is 89.8. The fourth-order valence-corrected chi connectivity index (χ4v) is 4.88. The van der Waals surface area contributed by atoms with Gasteiger partial charge in [0.05, 0.1) is 39.6 Å². The van der Waals surface area contributed by atoms with Gasteiger partial charge in [0.1, 0.15) is 77.0 Å². The SMILES string of the molecule is C=CC(=O)OC(C)COCN(COCC(C)OC(=O)C=C)c1nc(N(COCC(C)OC(=O)C=C)COCC(C)OC(=O)C=C)nc(N(COCC(C)OC(=O)C=C)COCC(C)OC(=O)C=C)n1. The quantitative estimate of drug-likeness (QED) is 0.0397. The molecule has 0 radical (unpaired) electrons. The molecular weight excluding hydrogens is 913 g/mol. The Balaban J connectivity index is 3.98. The molecule has 69 heavy (non-hydrogen) atoms. The van der Waals surface area contributed by atoms with Gasteiger partial charge in [0, 0.05) is 36.5 Å². The van der Waals surface area contributed by atoms with Gasteiger partial charge in [-0.1, -0.05) is 39.5 Å². The van der Waals surface area contributed by atoms with E-state index in [1.54, 1.807) is 41.5 Å². The van der Waals surface area contributed by atoms with E-state index in [0.29, 0.717) is 0 Å². The number of esters is 6. The molecule has 6 unspecified atom stereocenters. The van der Waals surface area contributed by atoms with Crippen molar-refractivity contribution in [3.05, 3.63) is 75.9 Å². The lowest BCUT2D eigenvalue weighted by molar-refractivity contribution is -0.146. The summed E-state index contributed by atoms with van der Waals surface area (Å²) in [7, 11) is 0. The zero-order valence-corrected chi connectivity index (χ0v) is 40.2. The first kappa shape index (κ1) is 60.4. The van der Waals surface area contributed by atoms with Gasteiger partial charge >= 0.3 is 35.8 Å². The Labute approximate surface area is 402 Å². The van der Waals surface area contributed by atoms with Crippen molar-refractivity contribution < 1.29 is 85.6 Å². The van der Waals surface area contributed by atoms with E-state index >= 15 is 0 Å². The maximum Gasteiger partial charge on any atom is 0.330 e. The third-order valence-corrected chi connectivity index (χ3v) is 7.95.